The fourth-order valence-electron chi connectivity index (χ4n) is 0.904. The van der Waals surface area contributed by atoms with Gasteiger partial charge in [0.2, 0.25) is 0 Å². The van der Waals surface area contributed by atoms with Gasteiger partial charge in [0.25, 0.3) is 0 Å². The van der Waals surface area contributed by atoms with Crippen molar-refractivity contribution < 1.29 is 17.9 Å². The molecule has 1 aliphatic heterocycles. The third kappa shape index (κ3) is 3.92. The zero-order valence-corrected chi connectivity index (χ0v) is 6.66. The van der Waals surface area contributed by atoms with Crippen molar-refractivity contribution in [1.29, 1.82) is 0 Å². The molecular formula is C7H12F3NO. The summed E-state index contributed by atoms with van der Waals surface area (Å²) in [6, 6.07) is 0.276. The zero-order valence-electron chi connectivity index (χ0n) is 6.66. The Bertz CT molecular complexity index is 133. The third-order valence-electron chi connectivity index (χ3n) is 1.77. The Hall–Kier alpha value is -0.290. The van der Waals surface area contributed by atoms with Crippen LogP contribution in [0.4, 0.5) is 13.2 Å². The number of alkyl halides is 3. The standard InChI is InChI=1S/C7H12F3NO/c8-7(9,10)2-4-12-5-6-1-3-11-6/h6,11H,1-5H2. The molecule has 1 fully saturated rings. The van der Waals surface area contributed by atoms with Crippen LogP contribution in [0.3, 0.4) is 0 Å². The first-order valence-electron chi connectivity index (χ1n) is 3.96. The Balaban J connectivity index is 1.88. The molecule has 1 atom stereocenters. The molecule has 0 aromatic rings. The molecule has 1 aliphatic rings. The molecule has 0 bridgehead atoms. The maximum absolute atomic E-state index is 11.6. The van der Waals surface area contributed by atoms with Gasteiger partial charge in [0.05, 0.1) is 19.6 Å². The van der Waals surface area contributed by atoms with E-state index in [0.717, 1.165) is 13.0 Å². The first-order chi connectivity index (χ1) is 5.58. The molecule has 0 saturated carbocycles. The lowest BCUT2D eigenvalue weighted by Gasteiger charge is -2.27. The SMILES string of the molecule is FC(F)(F)CCOCC1CCN1. The fourth-order valence-corrected chi connectivity index (χ4v) is 0.904. The van der Waals surface area contributed by atoms with E-state index in [9.17, 15) is 13.2 Å². The van der Waals surface area contributed by atoms with Gasteiger partial charge in [-0.2, -0.15) is 13.2 Å². The summed E-state index contributed by atoms with van der Waals surface area (Å²) >= 11 is 0. The molecule has 1 N–H and O–H groups in total. The largest absolute Gasteiger partial charge is 0.391 e. The predicted octanol–water partition coefficient (Wildman–Crippen LogP) is 1.32. The molecule has 12 heavy (non-hydrogen) atoms. The van der Waals surface area contributed by atoms with Crippen molar-refractivity contribution in [3.05, 3.63) is 0 Å². The van der Waals surface area contributed by atoms with Crippen molar-refractivity contribution in [3.8, 4) is 0 Å². The molecule has 0 aromatic carbocycles. The Morgan fingerprint density at radius 3 is 2.50 bits per heavy atom. The van der Waals surface area contributed by atoms with Crippen LogP contribution in [0.1, 0.15) is 12.8 Å². The van der Waals surface area contributed by atoms with E-state index < -0.39 is 12.6 Å². The smallest absolute Gasteiger partial charge is 0.379 e. The van der Waals surface area contributed by atoms with E-state index in [2.05, 4.69) is 5.32 Å². The third-order valence-corrected chi connectivity index (χ3v) is 1.77. The summed E-state index contributed by atoms with van der Waals surface area (Å²) in [5, 5.41) is 3.04. The van der Waals surface area contributed by atoms with Crippen molar-refractivity contribution in [2.75, 3.05) is 19.8 Å². The Morgan fingerprint density at radius 1 is 1.42 bits per heavy atom. The highest BCUT2D eigenvalue weighted by Crippen LogP contribution is 2.19. The average molecular weight is 183 g/mol. The van der Waals surface area contributed by atoms with E-state index in [1.54, 1.807) is 0 Å². The summed E-state index contributed by atoms with van der Waals surface area (Å²) in [6.45, 7) is 1.13. The summed E-state index contributed by atoms with van der Waals surface area (Å²) in [5.74, 6) is 0. The summed E-state index contributed by atoms with van der Waals surface area (Å²) in [4.78, 5) is 0. The maximum Gasteiger partial charge on any atom is 0.391 e. The molecule has 0 aromatic heterocycles. The Labute approximate surface area is 69.1 Å². The minimum Gasteiger partial charge on any atom is -0.379 e. The summed E-state index contributed by atoms with van der Waals surface area (Å²) in [7, 11) is 0. The molecule has 0 spiro atoms. The second-order valence-electron chi connectivity index (χ2n) is 2.88. The molecule has 5 heteroatoms. The zero-order chi connectivity index (χ0) is 9.03. The van der Waals surface area contributed by atoms with E-state index in [-0.39, 0.29) is 12.6 Å². The molecule has 1 heterocycles. The lowest BCUT2D eigenvalue weighted by atomic mass is 10.1. The van der Waals surface area contributed by atoms with Gasteiger partial charge >= 0.3 is 6.18 Å². The van der Waals surface area contributed by atoms with E-state index in [0.29, 0.717) is 6.61 Å². The van der Waals surface area contributed by atoms with Crippen LogP contribution in [0, 0.1) is 0 Å². The van der Waals surface area contributed by atoms with Gasteiger partial charge in [-0.05, 0) is 13.0 Å². The Morgan fingerprint density at radius 2 is 2.08 bits per heavy atom. The van der Waals surface area contributed by atoms with E-state index in [1.807, 2.05) is 0 Å². The monoisotopic (exact) mass is 183 g/mol. The quantitative estimate of drug-likeness (QED) is 0.663. The second kappa shape index (κ2) is 4.09. The van der Waals surface area contributed by atoms with E-state index >= 15 is 0 Å². The van der Waals surface area contributed by atoms with Crippen LogP contribution in [-0.2, 0) is 4.74 Å². The molecular weight excluding hydrogens is 171 g/mol. The van der Waals surface area contributed by atoms with Gasteiger partial charge in [-0.1, -0.05) is 0 Å². The van der Waals surface area contributed by atoms with Gasteiger partial charge < -0.3 is 10.1 Å². The number of ether oxygens (including phenoxy) is 1. The number of nitrogens with one attached hydrogen (secondary N) is 1. The minimum atomic E-state index is -4.09. The normalized spacial score (nSPS) is 23.8. The van der Waals surface area contributed by atoms with Gasteiger partial charge in [0, 0.05) is 6.04 Å². The first-order valence-corrected chi connectivity index (χ1v) is 3.96. The maximum atomic E-state index is 11.6. The average Bonchev–Trinajstić information content (AvgIpc) is 1.80. The lowest BCUT2D eigenvalue weighted by molar-refractivity contribution is -0.146. The van der Waals surface area contributed by atoms with Gasteiger partial charge in [0.1, 0.15) is 0 Å². The van der Waals surface area contributed by atoms with Gasteiger partial charge in [0.15, 0.2) is 0 Å². The number of rotatable bonds is 4. The molecule has 0 aliphatic carbocycles. The molecule has 0 radical (unpaired) electrons. The summed E-state index contributed by atoms with van der Waals surface area (Å²) in [6.07, 6.45) is -3.93. The van der Waals surface area contributed by atoms with Crippen LogP contribution in [0.25, 0.3) is 0 Å². The van der Waals surface area contributed by atoms with Crippen LogP contribution >= 0.6 is 0 Å². The summed E-state index contributed by atoms with van der Waals surface area (Å²) in [5.41, 5.74) is 0. The van der Waals surface area contributed by atoms with E-state index in [4.69, 9.17) is 4.74 Å². The molecule has 1 unspecified atom stereocenters. The highest BCUT2D eigenvalue weighted by Gasteiger charge is 2.26. The Kier molecular flexibility index (Phi) is 3.34. The van der Waals surface area contributed by atoms with Crippen molar-refractivity contribution >= 4 is 0 Å². The second-order valence-corrected chi connectivity index (χ2v) is 2.88. The topological polar surface area (TPSA) is 21.3 Å². The van der Waals surface area contributed by atoms with Gasteiger partial charge in [-0.15, -0.1) is 0 Å². The van der Waals surface area contributed by atoms with Crippen LogP contribution in [-0.4, -0.2) is 32.0 Å². The first kappa shape index (κ1) is 9.80. The van der Waals surface area contributed by atoms with Crippen LogP contribution in [0.2, 0.25) is 0 Å². The predicted molar refractivity (Wildman–Crippen MR) is 37.9 cm³/mol. The fraction of sp³-hybridized carbons (Fsp3) is 1.00. The lowest BCUT2D eigenvalue weighted by Crippen LogP contribution is -2.46. The molecule has 1 saturated heterocycles. The van der Waals surface area contributed by atoms with Crippen LogP contribution < -0.4 is 5.32 Å². The molecule has 2 nitrogen and oxygen atoms in total. The summed E-state index contributed by atoms with van der Waals surface area (Å²) < 4.78 is 39.6. The van der Waals surface area contributed by atoms with Crippen molar-refractivity contribution in [2.45, 2.75) is 25.1 Å². The highest BCUT2D eigenvalue weighted by atomic mass is 19.4. The number of hydrogen-bond acceptors (Lipinski definition) is 2. The van der Waals surface area contributed by atoms with Crippen molar-refractivity contribution in [3.63, 3.8) is 0 Å². The molecule has 72 valence electrons. The van der Waals surface area contributed by atoms with E-state index in [1.165, 1.54) is 0 Å². The van der Waals surface area contributed by atoms with Crippen LogP contribution in [0.5, 0.6) is 0 Å². The number of halogens is 3. The minimum absolute atomic E-state index is 0.221. The molecule has 0 amide bonds. The van der Waals surface area contributed by atoms with Crippen molar-refractivity contribution in [2.24, 2.45) is 0 Å². The highest BCUT2D eigenvalue weighted by molar-refractivity contribution is 4.76. The van der Waals surface area contributed by atoms with Crippen molar-refractivity contribution in [1.82, 2.24) is 5.32 Å². The number of hydrogen-bond donors (Lipinski definition) is 1. The molecule has 1 rings (SSSR count). The van der Waals surface area contributed by atoms with Gasteiger partial charge in [-0.3, -0.25) is 0 Å². The van der Waals surface area contributed by atoms with Gasteiger partial charge in [-0.25, -0.2) is 0 Å². The van der Waals surface area contributed by atoms with Crippen LogP contribution in [0.15, 0.2) is 0 Å².